The van der Waals surface area contributed by atoms with Crippen LogP contribution >= 0.6 is 11.6 Å². The molecule has 5 rings (SSSR count). The van der Waals surface area contributed by atoms with Gasteiger partial charge in [-0.05, 0) is 55.3 Å². The molecule has 6 heteroatoms. The van der Waals surface area contributed by atoms with Gasteiger partial charge in [0.15, 0.2) is 12.6 Å². The third-order valence-corrected chi connectivity index (χ3v) is 5.75. The highest BCUT2D eigenvalue weighted by molar-refractivity contribution is 6.31. The Balaban J connectivity index is 1.39. The summed E-state index contributed by atoms with van der Waals surface area (Å²) < 4.78 is 22.8. The number of carbonyl (C=O) groups excluding carboxylic acids is 1. The van der Waals surface area contributed by atoms with Gasteiger partial charge < -0.3 is 18.9 Å². The number of hydrogen-bond donors (Lipinski definition) is 0. The third kappa shape index (κ3) is 3.97. The van der Waals surface area contributed by atoms with Crippen molar-refractivity contribution in [1.82, 2.24) is 0 Å². The Kier molecular flexibility index (Phi) is 5.37. The minimum atomic E-state index is -0.193. The highest BCUT2D eigenvalue weighted by Gasteiger charge is 2.28. The lowest BCUT2D eigenvalue weighted by Crippen LogP contribution is -2.12. The number of hydrogen-bond acceptors (Lipinski definition) is 5. The maximum atomic E-state index is 12.9. The van der Waals surface area contributed by atoms with Crippen molar-refractivity contribution < 1.29 is 23.7 Å². The zero-order valence-corrected chi connectivity index (χ0v) is 18.5. The van der Waals surface area contributed by atoms with Crippen molar-refractivity contribution in [2.45, 2.75) is 27.1 Å². The van der Waals surface area contributed by atoms with E-state index < -0.39 is 0 Å². The normalized spacial score (nSPS) is 15.7. The first-order chi connectivity index (χ1) is 15.5. The Morgan fingerprint density at radius 3 is 2.84 bits per heavy atom. The predicted molar refractivity (Wildman–Crippen MR) is 121 cm³/mol. The molecule has 0 spiro atoms. The monoisotopic (exact) mass is 448 g/mol. The molecule has 3 aromatic carbocycles. The number of allylic oxidation sites excluding steroid dienone is 1. The molecule has 0 saturated heterocycles. The molecule has 0 unspecified atom stereocenters. The minimum absolute atomic E-state index is 0.154. The fourth-order valence-electron chi connectivity index (χ4n) is 3.83. The summed E-state index contributed by atoms with van der Waals surface area (Å²) in [5.41, 5.74) is 5.49. The fraction of sp³-hybridized carbons (Fsp3) is 0.192. The average Bonchev–Trinajstić information content (AvgIpc) is 3.09. The van der Waals surface area contributed by atoms with E-state index in [4.69, 9.17) is 30.5 Å². The summed E-state index contributed by atoms with van der Waals surface area (Å²) in [5, 5.41) is 0.537. The topological polar surface area (TPSA) is 54.0 Å². The number of halogens is 1. The van der Waals surface area contributed by atoms with Gasteiger partial charge in [0, 0.05) is 22.2 Å². The van der Waals surface area contributed by atoms with Crippen LogP contribution in [0.25, 0.3) is 6.08 Å². The number of ether oxygens (including phenoxy) is 4. The van der Waals surface area contributed by atoms with Gasteiger partial charge in [0.1, 0.15) is 23.9 Å². The van der Waals surface area contributed by atoms with Crippen molar-refractivity contribution in [3.05, 3.63) is 92.7 Å². The Morgan fingerprint density at radius 1 is 1.09 bits per heavy atom. The maximum Gasteiger partial charge on any atom is 0.231 e. The number of Topliss-reactive ketones (excluding diaryl/α,β-unsaturated/α-hetero) is 1. The molecule has 162 valence electrons. The molecule has 0 saturated carbocycles. The van der Waals surface area contributed by atoms with Crippen LogP contribution in [0.4, 0.5) is 0 Å². The molecule has 3 aromatic rings. The van der Waals surface area contributed by atoms with Crippen LogP contribution in [0.1, 0.15) is 38.2 Å². The Bertz CT molecular complexity index is 1260. The predicted octanol–water partition coefficient (Wildman–Crippen LogP) is 6.02. The van der Waals surface area contributed by atoms with E-state index in [1.54, 1.807) is 36.4 Å². The van der Waals surface area contributed by atoms with Crippen molar-refractivity contribution >= 4 is 23.5 Å². The highest BCUT2D eigenvalue weighted by Crippen LogP contribution is 2.38. The van der Waals surface area contributed by atoms with Crippen LogP contribution in [-0.4, -0.2) is 12.6 Å². The molecule has 0 aromatic heterocycles. The van der Waals surface area contributed by atoms with Crippen molar-refractivity contribution in [3.63, 3.8) is 0 Å². The molecular formula is C26H21ClO5. The molecule has 0 N–H and O–H groups in total. The largest absolute Gasteiger partial charge is 0.489 e. The lowest BCUT2D eigenvalue weighted by molar-refractivity contribution is -0.0165. The van der Waals surface area contributed by atoms with E-state index in [2.05, 4.69) is 32.0 Å². The Morgan fingerprint density at radius 2 is 1.97 bits per heavy atom. The molecule has 0 atom stereocenters. The first-order valence-electron chi connectivity index (χ1n) is 10.3. The van der Waals surface area contributed by atoms with Crippen LogP contribution in [0, 0.1) is 13.8 Å². The van der Waals surface area contributed by atoms with Gasteiger partial charge in [0.2, 0.25) is 5.78 Å². The maximum absolute atomic E-state index is 12.9. The van der Waals surface area contributed by atoms with E-state index in [0.717, 1.165) is 11.1 Å². The second kappa shape index (κ2) is 8.34. The summed E-state index contributed by atoms with van der Waals surface area (Å²) in [6, 6.07) is 15.1. The Hall–Kier alpha value is -3.28. The van der Waals surface area contributed by atoms with Gasteiger partial charge in [-0.1, -0.05) is 35.4 Å². The molecule has 0 amide bonds. The molecule has 0 aliphatic carbocycles. The lowest BCUT2D eigenvalue weighted by Gasteiger charge is -2.20. The average molecular weight is 449 g/mol. The van der Waals surface area contributed by atoms with Crippen LogP contribution in [0.5, 0.6) is 17.2 Å². The van der Waals surface area contributed by atoms with E-state index in [1.165, 1.54) is 11.1 Å². The number of carbonyl (C=O) groups is 1. The zero-order valence-electron chi connectivity index (χ0n) is 17.7. The Labute approximate surface area is 191 Å². The molecule has 0 bridgehead atoms. The van der Waals surface area contributed by atoms with Gasteiger partial charge in [-0.15, -0.1) is 0 Å². The van der Waals surface area contributed by atoms with Crippen molar-refractivity contribution in [2.24, 2.45) is 0 Å². The first kappa shape index (κ1) is 20.6. The smallest absolute Gasteiger partial charge is 0.231 e. The van der Waals surface area contributed by atoms with Crippen LogP contribution in [-0.2, 0) is 18.0 Å². The summed E-state index contributed by atoms with van der Waals surface area (Å²) in [6.45, 7) is 5.12. The zero-order chi connectivity index (χ0) is 22.2. The summed E-state index contributed by atoms with van der Waals surface area (Å²) in [4.78, 5) is 12.9. The first-order valence-corrected chi connectivity index (χ1v) is 10.7. The van der Waals surface area contributed by atoms with Gasteiger partial charge >= 0.3 is 0 Å². The van der Waals surface area contributed by atoms with Gasteiger partial charge in [-0.25, -0.2) is 0 Å². The summed E-state index contributed by atoms with van der Waals surface area (Å²) in [5.74, 6) is 1.78. The molecular weight excluding hydrogens is 428 g/mol. The number of ketones is 1. The van der Waals surface area contributed by atoms with E-state index in [-0.39, 0.29) is 18.3 Å². The fourth-order valence-corrected chi connectivity index (χ4v) is 4.08. The molecule has 0 fully saturated rings. The second-order valence-electron chi connectivity index (χ2n) is 7.91. The minimum Gasteiger partial charge on any atom is -0.489 e. The van der Waals surface area contributed by atoms with E-state index >= 15 is 0 Å². The van der Waals surface area contributed by atoms with Crippen LogP contribution in [0.2, 0.25) is 5.02 Å². The number of fused-ring (bicyclic) bond motifs is 2. The summed E-state index contributed by atoms with van der Waals surface area (Å²) >= 11 is 6.24. The van der Waals surface area contributed by atoms with Gasteiger partial charge in [0.05, 0.1) is 12.2 Å². The summed E-state index contributed by atoms with van der Waals surface area (Å²) in [7, 11) is 0. The molecule has 2 heterocycles. The molecule has 2 aliphatic heterocycles. The van der Waals surface area contributed by atoms with Gasteiger partial charge in [-0.2, -0.15) is 0 Å². The standard InChI is InChI=1S/C26H21ClO5/c1-15-3-4-16(2)18(7-15)13-30-21-5-6-22-23(11-21)32-24(25(22)28)10-17-8-20(27)9-19-12-29-14-31-26(17)19/h3-11H,12-14H2,1-2H3. The van der Waals surface area contributed by atoms with E-state index in [9.17, 15) is 4.79 Å². The SMILES string of the molecule is Cc1ccc(C)c(COc2ccc3c(c2)OC(=Cc2cc(Cl)cc4c2OCOC4)C3=O)c1. The van der Waals surface area contributed by atoms with Crippen molar-refractivity contribution in [3.8, 4) is 17.2 Å². The van der Waals surface area contributed by atoms with Crippen LogP contribution in [0.15, 0.2) is 54.3 Å². The van der Waals surface area contributed by atoms with Gasteiger partial charge in [0.25, 0.3) is 0 Å². The van der Waals surface area contributed by atoms with Crippen molar-refractivity contribution in [1.29, 1.82) is 0 Å². The quantitative estimate of drug-likeness (QED) is 0.457. The number of rotatable bonds is 4. The van der Waals surface area contributed by atoms with Crippen LogP contribution in [0.3, 0.4) is 0 Å². The van der Waals surface area contributed by atoms with E-state index in [1.807, 2.05) is 0 Å². The van der Waals surface area contributed by atoms with Crippen molar-refractivity contribution in [2.75, 3.05) is 6.79 Å². The third-order valence-electron chi connectivity index (χ3n) is 5.53. The molecule has 2 aliphatic rings. The number of aryl methyl sites for hydroxylation is 2. The summed E-state index contributed by atoms with van der Waals surface area (Å²) in [6.07, 6.45) is 1.66. The molecule has 5 nitrogen and oxygen atoms in total. The lowest BCUT2D eigenvalue weighted by atomic mass is 10.1. The highest BCUT2D eigenvalue weighted by atomic mass is 35.5. The molecule has 32 heavy (non-hydrogen) atoms. The number of benzene rings is 3. The van der Waals surface area contributed by atoms with E-state index in [0.29, 0.717) is 46.6 Å². The van der Waals surface area contributed by atoms with Crippen LogP contribution < -0.4 is 14.2 Å². The second-order valence-corrected chi connectivity index (χ2v) is 8.35. The molecule has 0 radical (unpaired) electrons. The van der Waals surface area contributed by atoms with Gasteiger partial charge in [-0.3, -0.25) is 4.79 Å².